The highest BCUT2D eigenvalue weighted by Gasteiger charge is 2.30. The summed E-state index contributed by atoms with van der Waals surface area (Å²) >= 11 is 9.16. The van der Waals surface area contributed by atoms with Crippen LogP contribution in [0.1, 0.15) is 18.9 Å². The third-order valence-corrected chi connectivity index (χ3v) is 7.84. The van der Waals surface area contributed by atoms with Crippen molar-refractivity contribution in [3.05, 3.63) is 98.0 Å². The number of nitro benzene ring substituents is 1. The van der Waals surface area contributed by atoms with Gasteiger partial charge in [-0.2, -0.15) is 0 Å². The molecule has 3 aromatic carbocycles. The third-order valence-electron chi connectivity index (χ3n) is 5.22. The molecule has 8 nitrogen and oxygen atoms in total. The molecule has 1 atom stereocenters. The second kappa shape index (κ2) is 11.7. The van der Waals surface area contributed by atoms with Gasteiger partial charge in [-0.1, -0.05) is 57.9 Å². The van der Waals surface area contributed by atoms with Crippen LogP contribution < -0.4 is 9.62 Å². The van der Waals surface area contributed by atoms with Crippen molar-refractivity contribution in [3.8, 4) is 0 Å². The Labute approximate surface area is 217 Å². The monoisotopic (exact) mass is 579 g/mol. The van der Waals surface area contributed by atoms with Crippen LogP contribution in [0.3, 0.4) is 0 Å². The summed E-state index contributed by atoms with van der Waals surface area (Å²) in [4.78, 5) is 23.0. The first-order valence-corrected chi connectivity index (χ1v) is 13.2. The van der Waals surface area contributed by atoms with Gasteiger partial charge >= 0.3 is 0 Å². The van der Waals surface area contributed by atoms with Crippen LogP contribution in [-0.2, 0) is 21.2 Å². The molecule has 0 aliphatic heterocycles. The fourth-order valence-corrected chi connectivity index (χ4v) is 5.29. The number of nitrogens with zero attached hydrogens (tertiary/aromatic N) is 2. The van der Waals surface area contributed by atoms with Gasteiger partial charge in [-0.3, -0.25) is 19.2 Å². The first-order valence-electron chi connectivity index (χ1n) is 10.6. The number of aryl methyl sites for hydroxylation is 1. The van der Waals surface area contributed by atoms with Crippen LogP contribution in [0.2, 0.25) is 5.02 Å². The number of rotatable bonds is 10. The highest BCUT2D eigenvalue weighted by molar-refractivity contribution is 9.10. The average Bonchev–Trinajstić information content (AvgIpc) is 2.82. The highest BCUT2D eigenvalue weighted by Crippen LogP contribution is 2.31. The number of hydrogen-bond acceptors (Lipinski definition) is 5. The lowest BCUT2D eigenvalue weighted by atomic mass is 10.1. The van der Waals surface area contributed by atoms with Gasteiger partial charge in [0.05, 0.1) is 15.5 Å². The largest absolute Gasteiger partial charge is 0.352 e. The molecule has 11 heteroatoms. The number of halogens is 2. The van der Waals surface area contributed by atoms with E-state index in [0.717, 1.165) is 32.9 Å². The molecule has 0 fully saturated rings. The Bertz CT molecular complexity index is 1300. The molecule has 0 heterocycles. The predicted molar refractivity (Wildman–Crippen MR) is 139 cm³/mol. The summed E-state index contributed by atoms with van der Waals surface area (Å²) in [5.41, 5.74) is 0.831. The fourth-order valence-electron chi connectivity index (χ4n) is 3.39. The van der Waals surface area contributed by atoms with E-state index in [4.69, 9.17) is 11.6 Å². The van der Waals surface area contributed by atoms with Crippen LogP contribution >= 0.6 is 27.5 Å². The molecule has 0 unspecified atom stereocenters. The lowest BCUT2D eigenvalue weighted by molar-refractivity contribution is -0.384. The Morgan fingerprint density at radius 2 is 1.77 bits per heavy atom. The van der Waals surface area contributed by atoms with E-state index in [0.29, 0.717) is 6.42 Å². The number of anilines is 1. The molecule has 0 spiro atoms. The minimum atomic E-state index is -4.33. The molecule has 0 saturated heterocycles. The molecule has 0 aliphatic rings. The first-order chi connectivity index (χ1) is 16.6. The lowest BCUT2D eigenvalue weighted by Gasteiger charge is -2.25. The Morgan fingerprint density at radius 3 is 2.40 bits per heavy atom. The summed E-state index contributed by atoms with van der Waals surface area (Å²) in [6, 6.07) is 19.2. The van der Waals surface area contributed by atoms with Crippen molar-refractivity contribution in [1.82, 2.24) is 5.32 Å². The average molecular weight is 581 g/mol. The Morgan fingerprint density at radius 1 is 1.11 bits per heavy atom. The minimum absolute atomic E-state index is 0.186. The van der Waals surface area contributed by atoms with Crippen molar-refractivity contribution in [2.24, 2.45) is 0 Å². The molecule has 3 aromatic rings. The summed E-state index contributed by atoms with van der Waals surface area (Å²) in [7, 11) is -4.33. The molecule has 0 aromatic heterocycles. The smallest absolute Gasteiger partial charge is 0.289 e. The number of nitrogens with one attached hydrogen (secondary N) is 1. The molecule has 1 N–H and O–H groups in total. The summed E-state index contributed by atoms with van der Waals surface area (Å²) < 4.78 is 28.7. The zero-order valence-corrected chi connectivity index (χ0v) is 21.9. The van der Waals surface area contributed by atoms with Crippen LogP contribution in [0.25, 0.3) is 0 Å². The topological polar surface area (TPSA) is 110 Å². The SMILES string of the molecule is C[C@H](CCc1ccccc1)NC(=O)CN(c1ccc(Br)cc1)S(=O)(=O)c1ccc(Cl)c([N+](=O)[O-])c1. The van der Waals surface area contributed by atoms with Crippen LogP contribution in [0.15, 0.2) is 82.2 Å². The Balaban J connectivity index is 1.83. The Kier molecular flexibility index (Phi) is 8.87. The van der Waals surface area contributed by atoms with Gasteiger partial charge in [0.15, 0.2) is 0 Å². The molecular formula is C24H23BrClN3O5S. The predicted octanol–water partition coefficient (Wildman–Crippen LogP) is 5.34. The molecule has 1 amide bonds. The zero-order valence-electron chi connectivity index (χ0n) is 18.7. The van der Waals surface area contributed by atoms with Crippen LogP contribution in [0.5, 0.6) is 0 Å². The number of amides is 1. The Hall–Kier alpha value is -2.95. The zero-order chi connectivity index (χ0) is 25.6. The van der Waals surface area contributed by atoms with Gasteiger partial charge < -0.3 is 5.32 Å². The fraction of sp³-hybridized carbons (Fsp3) is 0.208. The van der Waals surface area contributed by atoms with Crippen molar-refractivity contribution >= 4 is 54.8 Å². The standard InChI is InChI=1S/C24H23BrClN3O5S/c1-17(7-8-18-5-3-2-4-6-18)27-24(30)16-28(20-11-9-19(25)10-12-20)35(33,34)21-13-14-22(26)23(15-21)29(31)32/h2-6,9-15,17H,7-8,16H2,1H3,(H,27,30)/t17-/m1/s1. The van der Waals surface area contributed by atoms with E-state index < -0.39 is 33.1 Å². The maximum Gasteiger partial charge on any atom is 0.289 e. The van der Waals surface area contributed by atoms with Crippen molar-refractivity contribution < 1.29 is 18.1 Å². The van der Waals surface area contributed by atoms with Gasteiger partial charge in [-0.05, 0) is 61.7 Å². The summed E-state index contributed by atoms with van der Waals surface area (Å²) in [5, 5.41) is 13.9. The molecule has 0 saturated carbocycles. The molecule has 3 rings (SSSR count). The van der Waals surface area contributed by atoms with Crippen LogP contribution in [-0.4, -0.2) is 31.8 Å². The first kappa shape index (κ1) is 26.7. The second-order valence-corrected chi connectivity index (χ2v) is 11.0. The van der Waals surface area contributed by atoms with E-state index >= 15 is 0 Å². The number of nitro groups is 1. The molecule has 184 valence electrons. The maximum atomic E-state index is 13.5. The van der Waals surface area contributed by atoms with E-state index in [9.17, 15) is 23.3 Å². The lowest BCUT2D eigenvalue weighted by Crippen LogP contribution is -2.43. The van der Waals surface area contributed by atoms with Gasteiger partial charge in [-0.25, -0.2) is 8.42 Å². The van der Waals surface area contributed by atoms with Crippen molar-refractivity contribution in [2.75, 3.05) is 10.8 Å². The quantitative estimate of drug-likeness (QED) is 0.257. The van der Waals surface area contributed by atoms with Crippen LogP contribution in [0.4, 0.5) is 11.4 Å². The number of hydrogen-bond donors (Lipinski definition) is 1. The van der Waals surface area contributed by atoms with Gasteiger partial charge in [0.25, 0.3) is 15.7 Å². The van der Waals surface area contributed by atoms with E-state index in [1.54, 1.807) is 12.1 Å². The normalized spacial score (nSPS) is 12.1. The van der Waals surface area contributed by atoms with E-state index in [1.165, 1.54) is 18.2 Å². The number of benzene rings is 3. The van der Waals surface area contributed by atoms with Gasteiger partial charge in [0.1, 0.15) is 11.6 Å². The van der Waals surface area contributed by atoms with Gasteiger partial charge in [0, 0.05) is 16.6 Å². The minimum Gasteiger partial charge on any atom is -0.352 e. The highest BCUT2D eigenvalue weighted by atomic mass is 79.9. The molecular weight excluding hydrogens is 558 g/mol. The van der Waals surface area contributed by atoms with E-state index in [2.05, 4.69) is 21.2 Å². The third kappa shape index (κ3) is 7.03. The van der Waals surface area contributed by atoms with Crippen molar-refractivity contribution in [3.63, 3.8) is 0 Å². The summed E-state index contributed by atoms with van der Waals surface area (Å²) in [6.07, 6.45) is 1.43. The molecule has 0 radical (unpaired) electrons. The van der Waals surface area contributed by atoms with E-state index in [-0.39, 0.29) is 21.6 Å². The van der Waals surface area contributed by atoms with Crippen molar-refractivity contribution in [1.29, 1.82) is 0 Å². The van der Waals surface area contributed by atoms with Gasteiger partial charge in [-0.15, -0.1) is 0 Å². The van der Waals surface area contributed by atoms with Crippen molar-refractivity contribution in [2.45, 2.75) is 30.7 Å². The van der Waals surface area contributed by atoms with E-state index in [1.807, 2.05) is 37.3 Å². The number of carbonyl (C=O) groups is 1. The number of carbonyl (C=O) groups excluding carboxylic acids is 1. The summed E-state index contributed by atoms with van der Waals surface area (Å²) in [5.74, 6) is -0.500. The van der Waals surface area contributed by atoms with Gasteiger partial charge in [0.2, 0.25) is 5.91 Å². The maximum absolute atomic E-state index is 13.5. The number of sulfonamides is 1. The summed E-state index contributed by atoms with van der Waals surface area (Å²) in [6.45, 7) is 1.35. The molecule has 0 aliphatic carbocycles. The second-order valence-electron chi connectivity index (χ2n) is 7.85. The van der Waals surface area contributed by atoms with Crippen LogP contribution in [0, 0.1) is 10.1 Å². The molecule has 0 bridgehead atoms. The molecule has 35 heavy (non-hydrogen) atoms.